The maximum absolute atomic E-state index is 12.1. The molecule has 3 atom stereocenters. The number of rotatable bonds is 5. The molecule has 2 aliphatic heterocycles. The standard InChI is InChI=1S/C17H22N2O4S/c1-12(13-5-3-2-4-6-13)11-24(21,22)19-17(20)18-10-14-9-15-7-8-16(14)23-15/h2-6,11,14-16H,7-10H2,1H3,(H2,18,19,20)/b12-11+. The smallest absolute Gasteiger partial charge is 0.328 e. The van der Waals surface area contributed by atoms with Gasteiger partial charge in [0.05, 0.1) is 17.6 Å². The van der Waals surface area contributed by atoms with Crippen LogP contribution < -0.4 is 10.0 Å². The van der Waals surface area contributed by atoms with Crippen molar-refractivity contribution in [3.05, 3.63) is 41.3 Å². The second-order valence-corrected chi connectivity index (χ2v) is 7.92. The minimum atomic E-state index is -3.84. The van der Waals surface area contributed by atoms with Gasteiger partial charge in [0.25, 0.3) is 10.0 Å². The molecule has 130 valence electrons. The second-order valence-electron chi connectivity index (χ2n) is 6.39. The molecule has 6 nitrogen and oxygen atoms in total. The Morgan fingerprint density at radius 2 is 2.04 bits per heavy atom. The number of urea groups is 1. The summed E-state index contributed by atoms with van der Waals surface area (Å²) in [6, 6.07) is 8.45. The van der Waals surface area contributed by atoms with Crippen molar-refractivity contribution in [2.75, 3.05) is 6.54 Å². The van der Waals surface area contributed by atoms with Crippen LogP contribution in [0.2, 0.25) is 0 Å². The van der Waals surface area contributed by atoms with Gasteiger partial charge in [0.1, 0.15) is 0 Å². The van der Waals surface area contributed by atoms with Crippen LogP contribution in [0.25, 0.3) is 5.57 Å². The Labute approximate surface area is 142 Å². The lowest BCUT2D eigenvalue weighted by Crippen LogP contribution is -2.42. The summed E-state index contributed by atoms with van der Waals surface area (Å²) in [5.74, 6) is 0.277. The first-order valence-corrected chi connectivity index (χ1v) is 9.67. The highest BCUT2D eigenvalue weighted by Crippen LogP contribution is 2.38. The van der Waals surface area contributed by atoms with Gasteiger partial charge in [0.2, 0.25) is 0 Å². The van der Waals surface area contributed by atoms with Crippen LogP contribution in [-0.2, 0) is 14.8 Å². The highest BCUT2D eigenvalue weighted by Gasteiger charge is 2.40. The van der Waals surface area contributed by atoms with Crippen LogP contribution in [0.4, 0.5) is 4.79 Å². The van der Waals surface area contributed by atoms with E-state index in [-0.39, 0.29) is 12.0 Å². The number of carbonyl (C=O) groups excluding carboxylic acids is 1. The van der Waals surface area contributed by atoms with E-state index in [0.29, 0.717) is 18.2 Å². The molecule has 2 fully saturated rings. The van der Waals surface area contributed by atoms with Crippen LogP contribution in [0.3, 0.4) is 0 Å². The third-order valence-corrected chi connectivity index (χ3v) is 5.69. The molecule has 0 aromatic heterocycles. The maximum Gasteiger partial charge on any atom is 0.328 e. The fourth-order valence-electron chi connectivity index (χ4n) is 3.38. The van der Waals surface area contributed by atoms with E-state index in [2.05, 4.69) is 5.32 Å². The van der Waals surface area contributed by atoms with Crippen molar-refractivity contribution in [2.24, 2.45) is 5.92 Å². The van der Waals surface area contributed by atoms with E-state index >= 15 is 0 Å². The van der Waals surface area contributed by atoms with E-state index in [0.717, 1.165) is 30.2 Å². The van der Waals surface area contributed by atoms with E-state index in [4.69, 9.17) is 4.74 Å². The molecule has 3 unspecified atom stereocenters. The number of sulfonamides is 1. The monoisotopic (exact) mass is 350 g/mol. The summed E-state index contributed by atoms with van der Waals surface area (Å²) in [4.78, 5) is 11.9. The Morgan fingerprint density at radius 3 is 2.67 bits per heavy atom. The Bertz CT molecular complexity index is 730. The third-order valence-electron chi connectivity index (χ3n) is 4.55. The van der Waals surface area contributed by atoms with Crippen molar-refractivity contribution in [1.29, 1.82) is 0 Å². The molecule has 0 radical (unpaired) electrons. The summed E-state index contributed by atoms with van der Waals surface area (Å²) in [5, 5.41) is 3.71. The lowest BCUT2D eigenvalue weighted by molar-refractivity contribution is 0.0928. The normalized spacial score (nSPS) is 26.4. The van der Waals surface area contributed by atoms with E-state index in [1.807, 2.05) is 35.1 Å². The molecule has 1 aromatic carbocycles. The third kappa shape index (κ3) is 4.15. The van der Waals surface area contributed by atoms with Crippen molar-refractivity contribution in [3.8, 4) is 0 Å². The van der Waals surface area contributed by atoms with Gasteiger partial charge in [-0.1, -0.05) is 30.3 Å². The first-order valence-electron chi connectivity index (χ1n) is 8.13. The number of amides is 2. The molecule has 2 heterocycles. The fourth-order valence-corrected chi connectivity index (χ4v) is 4.37. The first kappa shape index (κ1) is 17.0. The summed E-state index contributed by atoms with van der Waals surface area (Å²) in [6.45, 7) is 2.13. The van der Waals surface area contributed by atoms with E-state index in [1.54, 1.807) is 6.92 Å². The number of allylic oxidation sites excluding steroid dienone is 1. The highest BCUT2D eigenvalue weighted by molar-refractivity contribution is 7.93. The molecule has 3 rings (SSSR count). The van der Waals surface area contributed by atoms with Crippen molar-refractivity contribution in [1.82, 2.24) is 10.0 Å². The molecular formula is C17H22N2O4S. The zero-order chi connectivity index (χ0) is 17.2. The molecule has 0 aliphatic carbocycles. The van der Waals surface area contributed by atoms with E-state index < -0.39 is 16.1 Å². The van der Waals surface area contributed by atoms with Gasteiger partial charge in [-0.2, -0.15) is 0 Å². The number of hydrogen-bond acceptors (Lipinski definition) is 4. The highest BCUT2D eigenvalue weighted by atomic mass is 32.2. The topological polar surface area (TPSA) is 84.5 Å². The molecule has 1 aromatic rings. The molecule has 2 amide bonds. The quantitative estimate of drug-likeness (QED) is 0.853. The number of ether oxygens (including phenoxy) is 1. The minimum Gasteiger partial charge on any atom is -0.375 e. The van der Waals surface area contributed by atoms with Crippen LogP contribution in [0.15, 0.2) is 35.7 Å². The summed E-state index contributed by atoms with van der Waals surface area (Å²) < 4.78 is 31.9. The SMILES string of the molecule is C/C(=C\S(=O)(=O)NC(=O)NCC1CC2CCC1O2)c1ccccc1. The van der Waals surface area contributed by atoms with Crippen molar-refractivity contribution in [2.45, 2.75) is 38.4 Å². The second kappa shape index (κ2) is 6.94. The lowest BCUT2D eigenvalue weighted by Gasteiger charge is -2.18. The van der Waals surface area contributed by atoms with Gasteiger partial charge < -0.3 is 10.1 Å². The Hall–Kier alpha value is -1.86. The molecule has 0 spiro atoms. The Kier molecular flexibility index (Phi) is 4.91. The van der Waals surface area contributed by atoms with Crippen LogP contribution in [0, 0.1) is 5.92 Å². The average molecular weight is 350 g/mol. The van der Waals surface area contributed by atoms with Crippen molar-refractivity contribution < 1.29 is 17.9 Å². The van der Waals surface area contributed by atoms with Crippen LogP contribution in [0.5, 0.6) is 0 Å². The average Bonchev–Trinajstić information content (AvgIpc) is 3.15. The zero-order valence-electron chi connectivity index (χ0n) is 13.6. The van der Waals surface area contributed by atoms with Gasteiger partial charge in [-0.05, 0) is 37.3 Å². The van der Waals surface area contributed by atoms with E-state index in [1.165, 1.54) is 0 Å². The van der Waals surface area contributed by atoms with Gasteiger partial charge in [0, 0.05) is 12.5 Å². The predicted molar refractivity (Wildman–Crippen MR) is 91.5 cm³/mol. The van der Waals surface area contributed by atoms with Gasteiger partial charge in [-0.25, -0.2) is 17.9 Å². The molecular weight excluding hydrogens is 328 g/mol. The molecule has 2 aliphatic rings. The fraction of sp³-hybridized carbons (Fsp3) is 0.471. The van der Waals surface area contributed by atoms with Crippen molar-refractivity contribution in [3.63, 3.8) is 0 Å². The predicted octanol–water partition coefficient (Wildman–Crippen LogP) is 2.24. The van der Waals surface area contributed by atoms with Gasteiger partial charge in [-0.15, -0.1) is 0 Å². The van der Waals surface area contributed by atoms with Crippen LogP contribution in [-0.4, -0.2) is 33.2 Å². The van der Waals surface area contributed by atoms with Gasteiger partial charge >= 0.3 is 6.03 Å². The number of nitrogens with one attached hydrogen (secondary N) is 2. The molecule has 24 heavy (non-hydrogen) atoms. The summed E-state index contributed by atoms with van der Waals surface area (Å²) in [7, 11) is -3.84. The number of benzene rings is 1. The summed E-state index contributed by atoms with van der Waals surface area (Å²) in [6.07, 6.45) is 3.56. The maximum atomic E-state index is 12.1. The Balaban J connectivity index is 1.53. The number of fused-ring (bicyclic) bond motifs is 2. The van der Waals surface area contributed by atoms with Gasteiger partial charge in [0.15, 0.2) is 0 Å². The molecule has 7 heteroatoms. The summed E-state index contributed by atoms with van der Waals surface area (Å²) in [5.41, 5.74) is 1.36. The lowest BCUT2D eigenvalue weighted by atomic mass is 9.89. The van der Waals surface area contributed by atoms with Crippen LogP contribution in [0.1, 0.15) is 31.7 Å². The van der Waals surface area contributed by atoms with Gasteiger partial charge in [-0.3, -0.25) is 0 Å². The number of hydrogen-bond donors (Lipinski definition) is 2. The number of carbonyl (C=O) groups is 1. The molecule has 2 bridgehead atoms. The summed E-state index contributed by atoms with van der Waals surface area (Å²) >= 11 is 0. The molecule has 2 saturated heterocycles. The molecule has 2 N–H and O–H groups in total. The minimum absolute atomic E-state index is 0.201. The van der Waals surface area contributed by atoms with Crippen molar-refractivity contribution >= 4 is 21.6 Å². The van der Waals surface area contributed by atoms with Crippen LogP contribution >= 0.6 is 0 Å². The Morgan fingerprint density at radius 1 is 1.29 bits per heavy atom. The molecule has 0 saturated carbocycles. The van der Waals surface area contributed by atoms with E-state index in [9.17, 15) is 13.2 Å². The zero-order valence-corrected chi connectivity index (χ0v) is 14.4. The largest absolute Gasteiger partial charge is 0.375 e. The first-order chi connectivity index (χ1) is 11.4.